The van der Waals surface area contributed by atoms with Crippen molar-refractivity contribution in [3.8, 4) is 11.3 Å². The van der Waals surface area contributed by atoms with Crippen molar-refractivity contribution in [2.75, 3.05) is 5.32 Å². The Morgan fingerprint density at radius 1 is 0.821 bits per heavy atom. The molecule has 1 heterocycles. The van der Waals surface area contributed by atoms with Gasteiger partial charge in [0.05, 0.1) is 5.69 Å². The standard InChI is InChI=1S/C23H19N3OS/c27-22(24-16-17-10-4-1-5-11-17)21-20(18-12-6-2-7-13-18)26-23(28-21)25-19-14-8-3-9-15-19/h1-15H,16H2,(H,24,27)(H,25,26). The van der Waals surface area contributed by atoms with E-state index in [4.69, 9.17) is 4.98 Å². The molecule has 1 aromatic heterocycles. The summed E-state index contributed by atoms with van der Waals surface area (Å²) in [6.07, 6.45) is 0. The normalized spacial score (nSPS) is 10.4. The van der Waals surface area contributed by atoms with Crippen molar-refractivity contribution in [3.63, 3.8) is 0 Å². The Morgan fingerprint density at radius 2 is 1.43 bits per heavy atom. The predicted octanol–water partition coefficient (Wildman–Crippen LogP) is 5.48. The Kier molecular flexibility index (Phi) is 5.45. The highest BCUT2D eigenvalue weighted by molar-refractivity contribution is 7.18. The molecule has 0 fully saturated rings. The van der Waals surface area contributed by atoms with Crippen LogP contribution in [0.25, 0.3) is 11.3 Å². The smallest absolute Gasteiger partial charge is 0.264 e. The van der Waals surface area contributed by atoms with Gasteiger partial charge in [-0.1, -0.05) is 90.2 Å². The lowest BCUT2D eigenvalue weighted by Gasteiger charge is -2.05. The summed E-state index contributed by atoms with van der Waals surface area (Å²) in [4.78, 5) is 18.2. The minimum atomic E-state index is -0.124. The van der Waals surface area contributed by atoms with Gasteiger partial charge in [0.25, 0.3) is 5.91 Å². The van der Waals surface area contributed by atoms with Crippen molar-refractivity contribution < 1.29 is 4.79 Å². The van der Waals surface area contributed by atoms with Crippen molar-refractivity contribution in [2.45, 2.75) is 6.54 Å². The average molecular weight is 385 g/mol. The summed E-state index contributed by atoms with van der Waals surface area (Å²) in [5, 5.41) is 6.99. The zero-order valence-electron chi connectivity index (χ0n) is 15.1. The van der Waals surface area contributed by atoms with E-state index in [2.05, 4.69) is 10.6 Å². The SMILES string of the molecule is O=C(NCc1ccccc1)c1sc(Nc2ccccc2)nc1-c1ccccc1. The highest BCUT2D eigenvalue weighted by Crippen LogP contribution is 2.32. The van der Waals surface area contributed by atoms with Crippen LogP contribution in [0.2, 0.25) is 0 Å². The fourth-order valence-electron chi connectivity index (χ4n) is 2.82. The van der Waals surface area contributed by atoms with E-state index < -0.39 is 0 Å². The van der Waals surface area contributed by atoms with Crippen LogP contribution in [0.3, 0.4) is 0 Å². The molecule has 28 heavy (non-hydrogen) atoms. The van der Waals surface area contributed by atoms with Gasteiger partial charge in [0.15, 0.2) is 5.13 Å². The van der Waals surface area contributed by atoms with Gasteiger partial charge in [-0.25, -0.2) is 4.98 Å². The first kappa shape index (κ1) is 17.9. The Labute approximate surface area is 167 Å². The van der Waals surface area contributed by atoms with Crippen molar-refractivity contribution in [3.05, 3.63) is 101 Å². The number of para-hydroxylation sites is 1. The van der Waals surface area contributed by atoms with Gasteiger partial charge in [-0.05, 0) is 17.7 Å². The van der Waals surface area contributed by atoms with E-state index in [0.717, 1.165) is 16.8 Å². The van der Waals surface area contributed by atoms with E-state index >= 15 is 0 Å². The maximum Gasteiger partial charge on any atom is 0.264 e. The number of nitrogens with zero attached hydrogens (tertiary/aromatic N) is 1. The fourth-order valence-corrected chi connectivity index (χ4v) is 3.75. The van der Waals surface area contributed by atoms with E-state index in [-0.39, 0.29) is 5.91 Å². The number of hydrogen-bond donors (Lipinski definition) is 2. The molecular weight excluding hydrogens is 366 g/mol. The molecule has 138 valence electrons. The van der Waals surface area contributed by atoms with Crippen LogP contribution in [0, 0.1) is 0 Å². The van der Waals surface area contributed by atoms with Gasteiger partial charge in [-0.15, -0.1) is 0 Å². The summed E-state index contributed by atoms with van der Waals surface area (Å²) in [5.41, 5.74) is 3.61. The lowest BCUT2D eigenvalue weighted by Crippen LogP contribution is -2.22. The van der Waals surface area contributed by atoms with Crippen LogP contribution in [0.1, 0.15) is 15.2 Å². The molecule has 4 rings (SSSR count). The van der Waals surface area contributed by atoms with E-state index in [1.807, 2.05) is 91.0 Å². The maximum absolute atomic E-state index is 12.9. The van der Waals surface area contributed by atoms with Crippen molar-refractivity contribution >= 4 is 28.1 Å². The number of hydrogen-bond acceptors (Lipinski definition) is 4. The van der Waals surface area contributed by atoms with Gasteiger partial charge in [0, 0.05) is 17.8 Å². The van der Waals surface area contributed by atoms with Crippen molar-refractivity contribution in [1.29, 1.82) is 0 Å². The largest absolute Gasteiger partial charge is 0.347 e. The number of aromatic nitrogens is 1. The first-order valence-electron chi connectivity index (χ1n) is 9.00. The second kappa shape index (κ2) is 8.50. The van der Waals surface area contributed by atoms with E-state index in [9.17, 15) is 4.79 Å². The van der Waals surface area contributed by atoms with Crippen molar-refractivity contribution in [2.24, 2.45) is 0 Å². The number of thiazole rings is 1. The Hall–Kier alpha value is -3.44. The number of carbonyl (C=O) groups is 1. The highest BCUT2D eigenvalue weighted by atomic mass is 32.1. The molecule has 0 saturated heterocycles. The summed E-state index contributed by atoms with van der Waals surface area (Å²) >= 11 is 1.36. The van der Waals surface area contributed by atoms with Gasteiger partial charge in [-0.3, -0.25) is 4.79 Å². The van der Waals surface area contributed by atoms with Gasteiger partial charge in [0.1, 0.15) is 4.88 Å². The minimum Gasteiger partial charge on any atom is -0.347 e. The number of carbonyl (C=O) groups excluding carboxylic acids is 1. The molecule has 0 bridgehead atoms. The van der Waals surface area contributed by atoms with Gasteiger partial charge in [0.2, 0.25) is 0 Å². The van der Waals surface area contributed by atoms with Gasteiger partial charge >= 0.3 is 0 Å². The molecule has 0 atom stereocenters. The third-order valence-corrected chi connectivity index (χ3v) is 5.17. The summed E-state index contributed by atoms with van der Waals surface area (Å²) in [5.74, 6) is -0.124. The molecule has 5 heteroatoms. The summed E-state index contributed by atoms with van der Waals surface area (Å²) in [6.45, 7) is 0.479. The van der Waals surface area contributed by atoms with Crippen LogP contribution in [0.15, 0.2) is 91.0 Å². The monoisotopic (exact) mass is 385 g/mol. The van der Waals surface area contributed by atoms with E-state index in [0.29, 0.717) is 22.2 Å². The molecular formula is C23H19N3OS. The first-order chi connectivity index (χ1) is 13.8. The molecule has 4 nitrogen and oxygen atoms in total. The second-order valence-electron chi connectivity index (χ2n) is 6.22. The number of anilines is 2. The van der Waals surface area contributed by atoms with Crippen LogP contribution >= 0.6 is 11.3 Å². The zero-order chi connectivity index (χ0) is 19.2. The van der Waals surface area contributed by atoms with E-state index in [1.54, 1.807) is 0 Å². The number of rotatable bonds is 6. The third kappa shape index (κ3) is 4.27. The molecule has 0 spiro atoms. The number of amides is 1. The average Bonchev–Trinajstić information content (AvgIpc) is 3.18. The zero-order valence-corrected chi connectivity index (χ0v) is 15.9. The molecule has 0 unspecified atom stereocenters. The number of benzene rings is 3. The second-order valence-corrected chi connectivity index (χ2v) is 7.22. The van der Waals surface area contributed by atoms with Crippen LogP contribution < -0.4 is 10.6 Å². The van der Waals surface area contributed by atoms with Gasteiger partial charge in [-0.2, -0.15) is 0 Å². The Bertz CT molecular complexity index is 1050. The lowest BCUT2D eigenvalue weighted by molar-refractivity contribution is 0.0955. The molecule has 0 saturated carbocycles. The molecule has 3 aromatic carbocycles. The first-order valence-corrected chi connectivity index (χ1v) is 9.82. The molecule has 4 aromatic rings. The lowest BCUT2D eigenvalue weighted by atomic mass is 10.1. The Balaban J connectivity index is 1.61. The Morgan fingerprint density at radius 3 is 2.11 bits per heavy atom. The molecule has 1 amide bonds. The molecule has 0 aliphatic rings. The molecule has 0 radical (unpaired) electrons. The minimum absolute atomic E-state index is 0.124. The van der Waals surface area contributed by atoms with Gasteiger partial charge < -0.3 is 10.6 Å². The van der Waals surface area contributed by atoms with Crippen LogP contribution in [0.5, 0.6) is 0 Å². The number of nitrogens with one attached hydrogen (secondary N) is 2. The summed E-state index contributed by atoms with van der Waals surface area (Å²) in [6, 6.07) is 29.5. The summed E-state index contributed by atoms with van der Waals surface area (Å²) < 4.78 is 0. The van der Waals surface area contributed by atoms with Crippen LogP contribution in [-0.2, 0) is 6.54 Å². The quantitative estimate of drug-likeness (QED) is 0.462. The van der Waals surface area contributed by atoms with Crippen molar-refractivity contribution in [1.82, 2.24) is 10.3 Å². The fraction of sp³-hybridized carbons (Fsp3) is 0.0435. The molecule has 2 N–H and O–H groups in total. The third-order valence-electron chi connectivity index (χ3n) is 4.20. The highest BCUT2D eigenvalue weighted by Gasteiger charge is 2.19. The molecule has 0 aliphatic carbocycles. The van der Waals surface area contributed by atoms with Crippen LogP contribution in [-0.4, -0.2) is 10.9 Å². The maximum atomic E-state index is 12.9. The summed E-state index contributed by atoms with van der Waals surface area (Å²) in [7, 11) is 0. The van der Waals surface area contributed by atoms with E-state index in [1.165, 1.54) is 11.3 Å². The van der Waals surface area contributed by atoms with Crippen LogP contribution in [0.4, 0.5) is 10.8 Å². The predicted molar refractivity (Wildman–Crippen MR) is 115 cm³/mol. The molecule has 0 aliphatic heterocycles. The topological polar surface area (TPSA) is 54.0 Å².